The minimum absolute atomic E-state index is 0.0212. The highest BCUT2D eigenvalue weighted by Crippen LogP contribution is 2.40. The number of aliphatic hydroxyl groups is 1. The van der Waals surface area contributed by atoms with E-state index in [-0.39, 0.29) is 39.7 Å². The van der Waals surface area contributed by atoms with Gasteiger partial charge in [0, 0.05) is 17.1 Å². The number of nitrogens with one attached hydrogen (secondary N) is 1. The van der Waals surface area contributed by atoms with Gasteiger partial charge in [0.1, 0.15) is 39.8 Å². The maximum absolute atomic E-state index is 13.1. The molecule has 3 aromatic rings. The number of β-lactam (4-membered cyclic amide) rings is 1. The molecule has 2 amide bonds. The van der Waals surface area contributed by atoms with Crippen molar-refractivity contribution in [2.24, 2.45) is 5.16 Å². The van der Waals surface area contributed by atoms with E-state index in [9.17, 15) is 19.5 Å². The number of nitrogens with zero attached hydrogens (tertiary/aromatic N) is 5. The van der Waals surface area contributed by atoms with Crippen molar-refractivity contribution in [3.05, 3.63) is 52.0 Å². The SMILES string of the molecule is CO/N=C(\C(=O)N[C@@H]1C(=O)N2C(C(=O)O)=C(C[n+]3ccn4c(SCCO)ccc4c3)CS[C@H]12)c1nc(N)sc1Cl. The Balaban J connectivity index is 1.34. The summed E-state index contributed by atoms with van der Waals surface area (Å²) >= 11 is 9.97. The standard InChI is InChI=1S/C23H22ClN7O6S3/c1-37-28-15(14-18(24)40-23(25)27-14)19(33)26-16-20(34)31-17(22(35)36)11(10-39-21(16)31)8-29-4-5-30-12(9-29)2-3-13(30)38-7-6-32/h2-5,9,16,21,32H,6-8,10H2,1H3,(H3-,25,26,27,33,35,36)/p+1/b28-15-/t16-,21-/m1/s1. The van der Waals surface area contributed by atoms with E-state index in [1.807, 2.05) is 39.7 Å². The average molecular weight is 625 g/mol. The van der Waals surface area contributed by atoms with Crippen LogP contribution in [0.1, 0.15) is 5.69 Å². The Morgan fingerprint density at radius 1 is 1.43 bits per heavy atom. The average Bonchev–Trinajstić information content (AvgIpc) is 3.49. The summed E-state index contributed by atoms with van der Waals surface area (Å²) < 4.78 is 3.97. The molecule has 2 atom stereocenters. The molecule has 3 aromatic heterocycles. The predicted molar refractivity (Wildman–Crippen MR) is 150 cm³/mol. The maximum Gasteiger partial charge on any atom is 0.352 e. The number of nitrogens with two attached hydrogens (primary N) is 1. The zero-order chi connectivity index (χ0) is 28.6. The lowest BCUT2D eigenvalue weighted by Gasteiger charge is -2.49. The molecule has 0 bridgehead atoms. The fraction of sp³-hybridized carbons (Fsp3) is 0.304. The predicted octanol–water partition coefficient (Wildman–Crippen LogP) is 0.793. The number of oxime groups is 1. The van der Waals surface area contributed by atoms with E-state index in [0.717, 1.165) is 21.9 Å². The minimum atomic E-state index is -1.23. The van der Waals surface area contributed by atoms with Crippen molar-refractivity contribution in [2.75, 3.05) is 31.0 Å². The monoisotopic (exact) mass is 624 g/mol. The van der Waals surface area contributed by atoms with E-state index >= 15 is 0 Å². The quantitative estimate of drug-likeness (QED) is 0.0829. The van der Waals surface area contributed by atoms with Gasteiger partial charge in [-0.3, -0.25) is 14.5 Å². The number of carboxylic acids is 1. The van der Waals surface area contributed by atoms with Gasteiger partial charge in [-0.25, -0.2) is 9.78 Å². The minimum Gasteiger partial charge on any atom is -0.477 e. The molecule has 2 aliphatic rings. The van der Waals surface area contributed by atoms with Gasteiger partial charge in [-0.15, -0.1) is 23.5 Å². The molecule has 40 heavy (non-hydrogen) atoms. The highest BCUT2D eigenvalue weighted by Gasteiger charge is 2.55. The number of hydrogen-bond acceptors (Lipinski definition) is 11. The van der Waals surface area contributed by atoms with E-state index in [1.165, 1.54) is 35.5 Å². The van der Waals surface area contributed by atoms with Gasteiger partial charge in [-0.05, 0) is 12.1 Å². The van der Waals surface area contributed by atoms with Gasteiger partial charge in [0.25, 0.3) is 11.8 Å². The van der Waals surface area contributed by atoms with Crippen molar-refractivity contribution in [1.82, 2.24) is 19.6 Å². The smallest absolute Gasteiger partial charge is 0.352 e. The molecule has 0 spiro atoms. The van der Waals surface area contributed by atoms with Crippen LogP contribution in [0.3, 0.4) is 0 Å². The van der Waals surface area contributed by atoms with Crippen LogP contribution < -0.4 is 15.6 Å². The van der Waals surface area contributed by atoms with E-state index in [2.05, 4.69) is 15.5 Å². The lowest BCUT2D eigenvalue weighted by molar-refractivity contribution is -0.688. The van der Waals surface area contributed by atoms with Gasteiger partial charge in [0.15, 0.2) is 29.8 Å². The molecule has 0 aromatic carbocycles. The first kappa shape index (κ1) is 28.2. The molecule has 210 valence electrons. The number of rotatable bonds is 10. The Labute approximate surface area is 244 Å². The molecule has 5 N–H and O–H groups in total. The van der Waals surface area contributed by atoms with Crippen molar-refractivity contribution >= 4 is 80.6 Å². The number of aliphatic hydroxyl groups excluding tert-OH is 1. The fourth-order valence-electron chi connectivity index (χ4n) is 4.42. The summed E-state index contributed by atoms with van der Waals surface area (Å²) in [6.45, 7) is 0.337. The number of amides is 2. The third-order valence-corrected chi connectivity index (χ3v) is 9.53. The van der Waals surface area contributed by atoms with Crippen LogP contribution in [0.4, 0.5) is 5.13 Å². The Morgan fingerprint density at radius 2 is 2.23 bits per heavy atom. The van der Waals surface area contributed by atoms with Crippen molar-refractivity contribution in [1.29, 1.82) is 0 Å². The number of halogens is 1. The number of thiazole rings is 1. The molecule has 0 radical (unpaired) electrons. The van der Waals surface area contributed by atoms with E-state index in [0.29, 0.717) is 17.1 Å². The number of carbonyl (C=O) groups excluding carboxylic acids is 2. The summed E-state index contributed by atoms with van der Waals surface area (Å²) in [5, 5.41) is 25.9. The maximum atomic E-state index is 13.1. The topological polar surface area (TPSA) is 176 Å². The van der Waals surface area contributed by atoms with Crippen LogP contribution in [0.25, 0.3) is 5.52 Å². The third kappa shape index (κ3) is 5.24. The van der Waals surface area contributed by atoms with Crippen LogP contribution in [0.5, 0.6) is 0 Å². The molecule has 0 saturated carbocycles. The van der Waals surface area contributed by atoms with Crippen molar-refractivity contribution in [3.8, 4) is 0 Å². The van der Waals surface area contributed by atoms with Crippen molar-refractivity contribution in [3.63, 3.8) is 0 Å². The second kappa shape index (κ2) is 11.7. The fourth-order valence-corrected chi connectivity index (χ4v) is 7.46. The van der Waals surface area contributed by atoms with E-state index in [1.54, 1.807) is 0 Å². The molecule has 0 aliphatic carbocycles. The number of carboxylic acid groups (broad SMARTS) is 1. The number of aliphatic carboxylic acids is 1. The second-order valence-electron chi connectivity index (χ2n) is 8.55. The van der Waals surface area contributed by atoms with Crippen LogP contribution in [0, 0.1) is 0 Å². The second-order valence-corrected chi connectivity index (χ2v) is 12.4. The first-order chi connectivity index (χ1) is 19.2. The zero-order valence-electron chi connectivity index (χ0n) is 20.8. The lowest BCUT2D eigenvalue weighted by Crippen LogP contribution is -2.71. The molecular weight excluding hydrogens is 602 g/mol. The van der Waals surface area contributed by atoms with Gasteiger partial charge >= 0.3 is 5.97 Å². The summed E-state index contributed by atoms with van der Waals surface area (Å²) in [6, 6.07) is 2.91. The number of aromatic nitrogens is 3. The molecule has 1 fully saturated rings. The summed E-state index contributed by atoms with van der Waals surface area (Å²) in [4.78, 5) is 48.4. The Bertz CT molecular complexity index is 1570. The van der Waals surface area contributed by atoms with Crippen LogP contribution in [-0.2, 0) is 25.8 Å². The van der Waals surface area contributed by atoms with Crippen LogP contribution in [0.2, 0.25) is 4.34 Å². The number of anilines is 1. The molecule has 5 rings (SSSR count). The molecule has 0 unspecified atom stereocenters. The highest BCUT2D eigenvalue weighted by molar-refractivity contribution is 8.00. The molecule has 1 saturated heterocycles. The molecular formula is C23H23ClN7O6S3+. The molecule has 2 aliphatic heterocycles. The van der Waals surface area contributed by atoms with E-state index in [4.69, 9.17) is 27.3 Å². The third-order valence-electron chi connectivity index (χ3n) is 6.09. The van der Waals surface area contributed by atoms with Crippen LogP contribution >= 0.6 is 46.5 Å². The molecule has 17 heteroatoms. The number of fused-ring (bicyclic) bond motifs is 2. The van der Waals surface area contributed by atoms with Crippen LogP contribution in [-0.4, -0.2) is 84.6 Å². The summed E-state index contributed by atoms with van der Waals surface area (Å²) in [6.07, 6.45) is 5.59. The summed E-state index contributed by atoms with van der Waals surface area (Å²) in [5.74, 6) is -1.62. The van der Waals surface area contributed by atoms with Gasteiger partial charge in [0.2, 0.25) is 0 Å². The Kier molecular flexibility index (Phi) is 8.23. The largest absolute Gasteiger partial charge is 0.477 e. The number of thioether (sulfide) groups is 2. The van der Waals surface area contributed by atoms with Gasteiger partial charge < -0.3 is 30.5 Å². The summed E-state index contributed by atoms with van der Waals surface area (Å²) in [7, 11) is 1.25. The highest BCUT2D eigenvalue weighted by atomic mass is 35.5. The van der Waals surface area contributed by atoms with Crippen molar-refractivity contribution in [2.45, 2.75) is 23.0 Å². The Morgan fingerprint density at radius 3 is 2.90 bits per heavy atom. The first-order valence-electron chi connectivity index (χ1n) is 11.7. The number of carbonyl (C=O) groups is 3. The summed E-state index contributed by atoms with van der Waals surface area (Å²) in [5.41, 5.74) is 6.82. The van der Waals surface area contributed by atoms with Crippen LogP contribution in [0.15, 0.2) is 52.2 Å². The zero-order valence-corrected chi connectivity index (χ0v) is 24.0. The molecule has 5 heterocycles. The molecule has 13 nitrogen and oxygen atoms in total. The normalized spacial score (nSPS) is 19.0. The lowest BCUT2D eigenvalue weighted by atomic mass is 10.0. The van der Waals surface area contributed by atoms with Crippen molar-refractivity contribution < 1.29 is 34.0 Å². The number of hydrogen-bond donors (Lipinski definition) is 4. The van der Waals surface area contributed by atoms with Gasteiger partial charge in [0.05, 0.1) is 17.8 Å². The van der Waals surface area contributed by atoms with E-state index < -0.39 is 29.2 Å². The first-order valence-corrected chi connectivity index (χ1v) is 14.9. The van der Waals surface area contributed by atoms with Gasteiger partial charge in [-0.2, -0.15) is 4.57 Å². The number of nitrogen functional groups attached to an aromatic ring is 1. The van der Waals surface area contributed by atoms with Gasteiger partial charge in [-0.1, -0.05) is 28.1 Å². The Hall–Kier alpha value is -3.31.